The van der Waals surface area contributed by atoms with Crippen LogP contribution in [-0.4, -0.2) is 29.6 Å². The third kappa shape index (κ3) is 5.40. The lowest BCUT2D eigenvalue weighted by Gasteiger charge is -2.12. The van der Waals surface area contributed by atoms with E-state index >= 15 is 0 Å². The molecule has 0 unspecified atom stereocenters. The molecule has 0 aliphatic heterocycles. The Hall–Kier alpha value is -4.53. The molecule has 0 saturated heterocycles. The molecule has 2 aromatic heterocycles. The number of nitrogens with zero attached hydrogens (tertiary/aromatic N) is 2. The summed E-state index contributed by atoms with van der Waals surface area (Å²) in [7, 11) is 3.07. The standard InChI is InChI=1S/C24H22N4O5/c1-31-20-11-17(12-21(14-20)32-2)27-24(30)26-16-6-5-7-19(10-16)33-15-18-13-23(29)28-9-4-3-8-22(28)25-18/h3-14H,15H2,1-2H3,(H2,26,27,30). The molecule has 2 N–H and O–H groups in total. The summed E-state index contributed by atoms with van der Waals surface area (Å²) >= 11 is 0. The van der Waals surface area contributed by atoms with Gasteiger partial charge in [-0.3, -0.25) is 9.20 Å². The van der Waals surface area contributed by atoms with E-state index in [4.69, 9.17) is 14.2 Å². The number of anilines is 2. The van der Waals surface area contributed by atoms with Crippen LogP contribution >= 0.6 is 0 Å². The molecule has 2 heterocycles. The van der Waals surface area contributed by atoms with E-state index in [0.29, 0.717) is 40.0 Å². The zero-order valence-electron chi connectivity index (χ0n) is 18.1. The fraction of sp³-hybridized carbons (Fsp3) is 0.125. The van der Waals surface area contributed by atoms with Crippen molar-refractivity contribution in [2.75, 3.05) is 24.9 Å². The van der Waals surface area contributed by atoms with Crippen LogP contribution in [0.5, 0.6) is 17.2 Å². The minimum atomic E-state index is -0.438. The fourth-order valence-electron chi connectivity index (χ4n) is 3.17. The van der Waals surface area contributed by atoms with Crippen molar-refractivity contribution in [3.05, 3.63) is 89.0 Å². The van der Waals surface area contributed by atoms with Crippen LogP contribution in [0.2, 0.25) is 0 Å². The van der Waals surface area contributed by atoms with Gasteiger partial charge in [0.2, 0.25) is 0 Å². The quantitative estimate of drug-likeness (QED) is 0.446. The van der Waals surface area contributed by atoms with Gasteiger partial charge in [0.25, 0.3) is 5.56 Å². The van der Waals surface area contributed by atoms with Crippen LogP contribution in [0, 0.1) is 0 Å². The first-order valence-electron chi connectivity index (χ1n) is 10.1. The summed E-state index contributed by atoms with van der Waals surface area (Å²) in [5.41, 5.74) is 1.93. The van der Waals surface area contributed by atoms with E-state index in [9.17, 15) is 9.59 Å². The van der Waals surface area contributed by atoms with Gasteiger partial charge >= 0.3 is 6.03 Å². The van der Waals surface area contributed by atoms with E-state index in [1.807, 2.05) is 6.07 Å². The SMILES string of the molecule is COc1cc(NC(=O)Nc2cccc(OCc3cc(=O)n4ccccc4n3)c2)cc(OC)c1. The molecule has 9 heteroatoms. The molecular weight excluding hydrogens is 424 g/mol. The molecule has 0 spiro atoms. The van der Waals surface area contributed by atoms with Crippen molar-refractivity contribution >= 4 is 23.1 Å². The summed E-state index contributed by atoms with van der Waals surface area (Å²) in [6, 6.07) is 18.3. The maximum absolute atomic E-state index is 12.4. The topological polar surface area (TPSA) is 103 Å². The van der Waals surface area contributed by atoms with Gasteiger partial charge in [-0.25, -0.2) is 9.78 Å². The molecule has 0 aliphatic carbocycles. The summed E-state index contributed by atoms with van der Waals surface area (Å²) in [5, 5.41) is 5.50. The minimum absolute atomic E-state index is 0.111. The highest BCUT2D eigenvalue weighted by atomic mass is 16.5. The number of fused-ring (bicyclic) bond motifs is 1. The number of carbonyl (C=O) groups is 1. The summed E-state index contributed by atoms with van der Waals surface area (Å²) in [6.45, 7) is 0.111. The Balaban J connectivity index is 1.41. The Labute approximate surface area is 189 Å². The molecule has 0 fully saturated rings. The molecular formula is C24H22N4O5. The zero-order valence-corrected chi connectivity index (χ0v) is 18.1. The Morgan fingerprint density at radius 1 is 0.879 bits per heavy atom. The number of benzene rings is 2. The second-order valence-electron chi connectivity index (χ2n) is 7.01. The van der Waals surface area contributed by atoms with Crippen molar-refractivity contribution in [2.45, 2.75) is 6.61 Å². The maximum atomic E-state index is 12.4. The number of aromatic nitrogens is 2. The van der Waals surface area contributed by atoms with Gasteiger partial charge in [-0.1, -0.05) is 12.1 Å². The molecule has 0 atom stereocenters. The van der Waals surface area contributed by atoms with E-state index in [-0.39, 0.29) is 12.2 Å². The molecule has 168 valence electrons. The molecule has 0 bridgehead atoms. The number of amides is 2. The van der Waals surface area contributed by atoms with E-state index in [0.717, 1.165) is 0 Å². The Morgan fingerprint density at radius 2 is 1.61 bits per heavy atom. The number of urea groups is 1. The monoisotopic (exact) mass is 446 g/mol. The third-order valence-corrected chi connectivity index (χ3v) is 4.71. The number of carbonyl (C=O) groups excluding carboxylic acids is 1. The third-order valence-electron chi connectivity index (χ3n) is 4.71. The van der Waals surface area contributed by atoms with Crippen molar-refractivity contribution in [3.8, 4) is 17.2 Å². The van der Waals surface area contributed by atoms with Crippen LogP contribution in [0.4, 0.5) is 16.2 Å². The average molecular weight is 446 g/mol. The first-order chi connectivity index (χ1) is 16.0. The van der Waals surface area contributed by atoms with E-state index in [1.54, 1.807) is 60.8 Å². The van der Waals surface area contributed by atoms with Crippen molar-refractivity contribution in [1.29, 1.82) is 0 Å². The van der Waals surface area contributed by atoms with Crippen molar-refractivity contribution in [1.82, 2.24) is 9.38 Å². The molecule has 2 amide bonds. The number of hydrogen-bond acceptors (Lipinski definition) is 6. The van der Waals surface area contributed by atoms with Gasteiger partial charge in [-0.2, -0.15) is 0 Å². The number of methoxy groups -OCH3 is 2. The molecule has 4 aromatic rings. The number of nitrogens with one attached hydrogen (secondary N) is 2. The maximum Gasteiger partial charge on any atom is 0.323 e. The summed E-state index contributed by atoms with van der Waals surface area (Å²) in [5.74, 6) is 1.63. The molecule has 4 rings (SSSR count). The number of pyridine rings is 1. The Kier molecular flexibility index (Phi) is 6.40. The van der Waals surface area contributed by atoms with Crippen LogP contribution in [0.25, 0.3) is 5.65 Å². The zero-order chi connectivity index (χ0) is 23.2. The minimum Gasteiger partial charge on any atom is -0.497 e. The molecule has 0 radical (unpaired) electrons. The summed E-state index contributed by atoms with van der Waals surface area (Å²) < 4.78 is 17.7. The van der Waals surface area contributed by atoms with Crippen molar-refractivity contribution in [3.63, 3.8) is 0 Å². The lowest BCUT2D eigenvalue weighted by Crippen LogP contribution is -2.19. The van der Waals surface area contributed by atoms with Gasteiger partial charge in [0.05, 0.1) is 19.9 Å². The summed E-state index contributed by atoms with van der Waals surface area (Å²) in [6.07, 6.45) is 1.66. The van der Waals surface area contributed by atoms with Gasteiger partial charge in [-0.05, 0) is 24.3 Å². The second-order valence-corrected chi connectivity index (χ2v) is 7.01. The molecule has 33 heavy (non-hydrogen) atoms. The summed E-state index contributed by atoms with van der Waals surface area (Å²) in [4.78, 5) is 29.1. The molecule has 9 nitrogen and oxygen atoms in total. The van der Waals surface area contributed by atoms with Gasteiger partial charge in [0.15, 0.2) is 0 Å². The second kappa shape index (κ2) is 9.73. The van der Waals surface area contributed by atoms with Crippen LogP contribution in [0.1, 0.15) is 5.69 Å². The molecule has 2 aromatic carbocycles. The van der Waals surface area contributed by atoms with Crippen LogP contribution in [0.3, 0.4) is 0 Å². The highest BCUT2D eigenvalue weighted by Crippen LogP contribution is 2.26. The lowest BCUT2D eigenvalue weighted by atomic mass is 10.2. The van der Waals surface area contributed by atoms with Gasteiger partial charge in [0.1, 0.15) is 29.5 Å². The van der Waals surface area contributed by atoms with Crippen LogP contribution in [0.15, 0.2) is 77.7 Å². The predicted octanol–water partition coefficient (Wildman–Crippen LogP) is 3.93. The van der Waals surface area contributed by atoms with Gasteiger partial charge in [-0.15, -0.1) is 0 Å². The highest BCUT2D eigenvalue weighted by Gasteiger charge is 2.08. The Bertz CT molecular complexity index is 1330. The fourth-order valence-corrected chi connectivity index (χ4v) is 3.17. The number of ether oxygens (including phenoxy) is 3. The van der Waals surface area contributed by atoms with Crippen molar-refractivity contribution < 1.29 is 19.0 Å². The number of hydrogen-bond donors (Lipinski definition) is 2. The number of rotatable bonds is 7. The average Bonchev–Trinajstić information content (AvgIpc) is 2.82. The molecule has 0 aliphatic rings. The normalized spacial score (nSPS) is 10.5. The predicted molar refractivity (Wildman–Crippen MR) is 124 cm³/mol. The van der Waals surface area contributed by atoms with Gasteiger partial charge < -0.3 is 24.8 Å². The first-order valence-corrected chi connectivity index (χ1v) is 10.1. The van der Waals surface area contributed by atoms with E-state index in [1.165, 1.54) is 24.7 Å². The van der Waals surface area contributed by atoms with Crippen LogP contribution < -0.4 is 30.4 Å². The first kappa shape index (κ1) is 21.7. The van der Waals surface area contributed by atoms with Crippen molar-refractivity contribution in [2.24, 2.45) is 0 Å². The van der Waals surface area contributed by atoms with E-state index < -0.39 is 6.03 Å². The Morgan fingerprint density at radius 3 is 2.36 bits per heavy atom. The highest BCUT2D eigenvalue weighted by molar-refractivity contribution is 6.00. The lowest BCUT2D eigenvalue weighted by molar-refractivity contribution is 0.262. The van der Waals surface area contributed by atoms with Gasteiger partial charge in [0, 0.05) is 47.9 Å². The van der Waals surface area contributed by atoms with E-state index in [2.05, 4.69) is 15.6 Å². The molecule has 0 saturated carbocycles. The largest absolute Gasteiger partial charge is 0.497 e. The smallest absolute Gasteiger partial charge is 0.323 e. The van der Waals surface area contributed by atoms with Crippen LogP contribution in [-0.2, 0) is 6.61 Å².